The van der Waals surface area contributed by atoms with Gasteiger partial charge in [0.25, 0.3) is 0 Å². The fourth-order valence-electron chi connectivity index (χ4n) is 2.42. The maximum atomic E-state index is 12.3. The Balaban J connectivity index is 2.06. The number of hydrogen-bond donors (Lipinski definition) is 0. The molecule has 0 saturated carbocycles. The molecule has 0 aliphatic carbocycles. The predicted molar refractivity (Wildman–Crippen MR) is 86.2 cm³/mol. The van der Waals surface area contributed by atoms with Gasteiger partial charge in [0.2, 0.25) is 0 Å². The average molecular weight is 282 g/mol. The monoisotopic (exact) mass is 282 g/mol. The number of benzene rings is 2. The Bertz CT molecular complexity index is 592. The summed E-state index contributed by atoms with van der Waals surface area (Å²) in [5.41, 5.74) is 4.20. The summed E-state index contributed by atoms with van der Waals surface area (Å²) >= 11 is 0. The minimum atomic E-state index is 0.141. The van der Waals surface area contributed by atoms with Gasteiger partial charge in [0.1, 0.15) is 5.75 Å². The van der Waals surface area contributed by atoms with E-state index in [1.54, 1.807) is 0 Å². The van der Waals surface area contributed by atoms with E-state index >= 15 is 0 Å². The average Bonchev–Trinajstić information content (AvgIpc) is 2.44. The van der Waals surface area contributed by atoms with Crippen molar-refractivity contribution in [2.75, 3.05) is 6.61 Å². The van der Waals surface area contributed by atoms with Crippen molar-refractivity contribution in [3.05, 3.63) is 64.7 Å². The zero-order chi connectivity index (χ0) is 15.2. The molecule has 2 heteroatoms. The number of aryl methyl sites for hydroxylation is 2. The zero-order valence-corrected chi connectivity index (χ0v) is 13.0. The normalized spacial score (nSPS) is 10.4. The number of carbonyl (C=O) groups is 1. The van der Waals surface area contributed by atoms with Gasteiger partial charge in [-0.05, 0) is 50.1 Å². The van der Waals surface area contributed by atoms with E-state index in [4.69, 9.17) is 4.74 Å². The van der Waals surface area contributed by atoms with Crippen LogP contribution < -0.4 is 4.74 Å². The van der Waals surface area contributed by atoms with Gasteiger partial charge in [0.15, 0.2) is 5.78 Å². The highest BCUT2D eigenvalue weighted by Crippen LogP contribution is 2.16. The Labute approximate surface area is 126 Å². The molecule has 2 nitrogen and oxygen atoms in total. The Morgan fingerprint density at radius 2 is 1.62 bits per heavy atom. The van der Waals surface area contributed by atoms with Crippen LogP contribution in [0.4, 0.5) is 0 Å². The molecule has 2 aromatic carbocycles. The van der Waals surface area contributed by atoms with Crippen molar-refractivity contribution >= 4 is 5.78 Å². The summed E-state index contributed by atoms with van der Waals surface area (Å²) < 4.78 is 5.53. The molecule has 0 spiro atoms. The summed E-state index contributed by atoms with van der Waals surface area (Å²) in [5.74, 6) is 0.960. The lowest BCUT2D eigenvalue weighted by atomic mass is 10.00. The highest BCUT2D eigenvalue weighted by molar-refractivity contribution is 5.97. The van der Waals surface area contributed by atoms with Crippen LogP contribution in [0.1, 0.15) is 40.4 Å². The predicted octanol–water partition coefficient (Wildman–Crippen LogP) is 4.52. The van der Waals surface area contributed by atoms with E-state index in [1.807, 2.05) is 24.3 Å². The lowest BCUT2D eigenvalue weighted by molar-refractivity contribution is 0.0993. The molecular weight excluding hydrogens is 260 g/mol. The van der Waals surface area contributed by atoms with Crippen LogP contribution in [-0.4, -0.2) is 12.4 Å². The summed E-state index contributed by atoms with van der Waals surface area (Å²) in [7, 11) is 0. The molecule has 0 bridgehead atoms. The molecule has 0 fully saturated rings. The highest BCUT2D eigenvalue weighted by Gasteiger charge is 2.08. The third kappa shape index (κ3) is 4.45. The summed E-state index contributed by atoms with van der Waals surface area (Å²) in [6.45, 7) is 6.89. The van der Waals surface area contributed by atoms with Crippen molar-refractivity contribution < 1.29 is 9.53 Å². The van der Waals surface area contributed by atoms with E-state index in [-0.39, 0.29) is 5.78 Å². The summed E-state index contributed by atoms with van der Waals surface area (Å²) in [6, 6.07) is 13.7. The van der Waals surface area contributed by atoms with Crippen LogP contribution in [0.25, 0.3) is 0 Å². The van der Waals surface area contributed by atoms with Crippen LogP contribution >= 0.6 is 0 Å². The second-order valence-electron chi connectivity index (χ2n) is 5.47. The van der Waals surface area contributed by atoms with E-state index in [2.05, 4.69) is 39.0 Å². The molecule has 0 aliphatic rings. The molecule has 2 rings (SSSR count). The summed E-state index contributed by atoms with van der Waals surface area (Å²) in [6.07, 6.45) is 1.42. The van der Waals surface area contributed by atoms with Crippen LogP contribution in [0.5, 0.6) is 5.75 Å². The van der Waals surface area contributed by atoms with E-state index in [0.717, 1.165) is 23.3 Å². The van der Waals surface area contributed by atoms with E-state index in [1.165, 1.54) is 11.1 Å². The van der Waals surface area contributed by atoms with E-state index in [9.17, 15) is 4.79 Å². The van der Waals surface area contributed by atoms with Crippen molar-refractivity contribution in [1.29, 1.82) is 0 Å². The third-order valence-corrected chi connectivity index (χ3v) is 3.30. The smallest absolute Gasteiger partial charge is 0.167 e. The van der Waals surface area contributed by atoms with Gasteiger partial charge in [-0.3, -0.25) is 4.79 Å². The lowest BCUT2D eigenvalue weighted by Crippen LogP contribution is -2.04. The van der Waals surface area contributed by atoms with Gasteiger partial charge in [0, 0.05) is 12.0 Å². The molecule has 0 saturated heterocycles. The zero-order valence-electron chi connectivity index (χ0n) is 13.0. The Kier molecular flexibility index (Phi) is 5.15. The second-order valence-corrected chi connectivity index (χ2v) is 5.47. The number of hydrogen-bond acceptors (Lipinski definition) is 2. The molecule has 0 aromatic heterocycles. The summed E-state index contributed by atoms with van der Waals surface area (Å²) in [5, 5.41) is 0. The fraction of sp³-hybridized carbons (Fsp3) is 0.316. The van der Waals surface area contributed by atoms with E-state index in [0.29, 0.717) is 13.0 Å². The first-order valence-corrected chi connectivity index (χ1v) is 7.41. The number of rotatable bonds is 6. The Morgan fingerprint density at radius 3 is 2.19 bits per heavy atom. The van der Waals surface area contributed by atoms with Crippen LogP contribution in [0.3, 0.4) is 0 Å². The molecule has 0 aliphatic heterocycles. The molecular formula is C19H22O2. The maximum absolute atomic E-state index is 12.3. The minimum absolute atomic E-state index is 0.141. The molecule has 0 atom stereocenters. The minimum Gasteiger partial charge on any atom is -0.494 e. The largest absolute Gasteiger partial charge is 0.494 e. The molecule has 21 heavy (non-hydrogen) atoms. The van der Waals surface area contributed by atoms with Gasteiger partial charge in [-0.25, -0.2) is 0 Å². The molecule has 0 heterocycles. The van der Waals surface area contributed by atoms with Gasteiger partial charge >= 0.3 is 0 Å². The van der Waals surface area contributed by atoms with Gasteiger partial charge in [-0.15, -0.1) is 0 Å². The molecule has 110 valence electrons. The van der Waals surface area contributed by atoms with Crippen LogP contribution in [0, 0.1) is 13.8 Å². The van der Waals surface area contributed by atoms with Gasteiger partial charge in [-0.1, -0.05) is 36.2 Å². The van der Waals surface area contributed by atoms with Crippen molar-refractivity contribution in [2.24, 2.45) is 0 Å². The highest BCUT2D eigenvalue weighted by atomic mass is 16.5. The van der Waals surface area contributed by atoms with Crippen LogP contribution in [0.2, 0.25) is 0 Å². The summed E-state index contributed by atoms with van der Waals surface area (Å²) in [4.78, 5) is 12.3. The van der Waals surface area contributed by atoms with Crippen molar-refractivity contribution in [3.63, 3.8) is 0 Å². The number of Topliss-reactive ketones (excluding diaryl/α,β-unsaturated/α-hetero) is 1. The first-order chi connectivity index (χ1) is 10.1. The standard InChI is InChI=1S/C19H22O2/c1-4-9-21-18-7-5-17(6-8-18)19(20)13-16-11-14(2)10-15(3)12-16/h5-8,10-12H,4,9,13H2,1-3H3. The van der Waals surface area contributed by atoms with Crippen molar-refractivity contribution in [2.45, 2.75) is 33.6 Å². The first kappa shape index (κ1) is 15.3. The molecule has 0 N–H and O–H groups in total. The number of carbonyl (C=O) groups excluding carboxylic acids is 1. The van der Waals surface area contributed by atoms with Crippen LogP contribution in [0.15, 0.2) is 42.5 Å². The quantitative estimate of drug-likeness (QED) is 0.728. The molecule has 0 radical (unpaired) electrons. The Hall–Kier alpha value is -2.09. The van der Waals surface area contributed by atoms with Gasteiger partial charge in [0.05, 0.1) is 6.61 Å². The van der Waals surface area contributed by atoms with Crippen molar-refractivity contribution in [3.8, 4) is 5.75 Å². The SMILES string of the molecule is CCCOc1ccc(C(=O)Cc2cc(C)cc(C)c2)cc1. The first-order valence-electron chi connectivity index (χ1n) is 7.41. The lowest BCUT2D eigenvalue weighted by Gasteiger charge is -2.07. The number of ketones is 1. The van der Waals surface area contributed by atoms with Gasteiger partial charge < -0.3 is 4.74 Å². The second kappa shape index (κ2) is 7.07. The molecule has 0 amide bonds. The van der Waals surface area contributed by atoms with Crippen LogP contribution in [-0.2, 0) is 6.42 Å². The third-order valence-electron chi connectivity index (χ3n) is 3.30. The maximum Gasteiger partial charge on any atom is 0.167 e. The topological polar surface area (TPSA) is 26.3 Å². The van der Waals surface area contributed by atoms with E-state index < -0.39 is 0 Å². The molecule has 0 unspecified atom stereocenters. The fourth-order valence-corrected chi connectivity index (χ4v) is 2.42. The number of ether oxygens (including phenoxy) is 1. The van der Waals surface area contributed by atoms with Gasteiger partial charge in [-0.2, -0.15) is 0 Å². The Morgan fingerprint density at radius 1 is 1.00 bits per heavy atom. The molecule has 2 aromatic rings. The van der Waals surface area contributed by atoms with Crippen molar-refractivity contribution in [1.82, 2.24) is 0 Å².